The van der Waals surface area contributed by atoms with Gasteiger partial charge in [0.05, 0.1) is 25.0 Å². The number of nitrogens with one attached hydrogen (secondary N) is 1. The van der Waals surface area contributed by atoms with Gasteiger partial charge in [0.15, 0.2) is 11.5 Å². The molecule has 7 nitrogen and oxygen atoms in total. The summed E-state index contributed by atoms with van der Waals surface area (Å²) < 4.78 is 15.9. The number of hydrogen-bond acceptors (Lipinski definition) is 5. The number of ether oxygens (including phenoxy) is 3. The number of carboxylic acids is 1. The zero-order valence-electron chi connectivity index (χ0n) is 13.3. The summed E-state index contributed by atoms with van der Waals surface area (Å²) in [5.41, 5.74) is -0.187. The second-order valence-electron chi connectivity index (χ2n) is 5.77. The normalized spacial score (nSPS) is 15.6. The summed E-state index contributed by atoms with van der Waals surface area (Å²) >= 11 is 0. The summed E-state index contributed by atoms with van der Waals surface area (Å²) in [4.78, 5) is 23.2. The molecule has 2 N–H and O–H groups in total. The van der Waals surface area contributed by atoms with Crippen molar-refractivity contribution in [1.29, 1.82) is 0 Å². The lowest BCUT2D eigenvalue weighted by Gasteiger charge is -2.28. The first-order valence-electron chi connectivity index (χ1n) is 7.32. The van der Waals surface area contributed by atoms with E-state index in [2.05, 4.69) is 5.32 Å². The molecule has 7 heteroatoms. The van der Waals surface area contributed by atoms with Gasteiger partial charge in [-0.25, -0.2) is 0 Å². The van der Waals surface area contributed by atoms with Gasteiger partial charge in [0.2, 0.25) is 5.91 Å². The minimum atomic E-state index is -0.996. The summed E-state index contributed by atoms with van der Waals surface area (Å²) in [6.45, 7) is 2.75. The number of amides is 1. The zero-order valence-corrected chi connectivity index (χ0v) is 13.3. The van der Waals surface area contributed by atoms with E-state index in [1.165, 1.54) is 7.11 Å². The fourth-order valence-corrected chi connectivity index (χ4v) is 2.55. The van der Waals surface area contributed by atoms with Gasteiger partial charge in [-0.2, -0.15) is 0 Å². The molecule has 0 radical (unpaired) electrons. The Morgan fingerprint density at radius 2 is 2.00 bits per heavy atom. The molecule has 0 aliphatic carbocycles. The van der Waals surface area contributed by atoms with Crippen LogP contribution in [0.25, 0.3) is 0 Å². The van der Waals surface area contributed by atoms with E-state index < -0.39 is 11.5 Å². The average Bonchev–Trinajstić information content (AvgIpc) is 2.45. The van der Waals surface area contributed by atoms with Crippen LogP contribution >= 0.6 is 0 Å². The lowest BCUT2D eigenvalue weighted by molar-refractivity contribution is -0.139. The monoisotopic (exact) mass is 323 g/mol. The molecule has 0 aromatic heterocycles. The fraction of sp³-hybridized carbons (Fsp3) is 0.500. The van der Waals surface area contributed by atoms with Crippen LogP contribution in [0.4, 0.5) is 0 Å². The average molecular weight is 323 g/mol. The fourth-order valence-electron chi connectivity index (χ4n) is 2.55. The first kappa shape index (κ1) is 17.1. The standard InChI is InChI=1S/C16H21NO6/c1-16(10-21-2,9-15(19)20)17-14(18)8-11-3-4-12-13(7-11)23-6-5-22-12/h3-4,7H,5-6,8-10H2,1-2H3,(H,17,18)(H,19,20). The molecule has 23 heavy (non-hydrogen) atoms. The Labute approximate surface area is 134 Å². The molecule has 1 aromatic rings. The van der Waals surface area contributed by atoms with E-state index >= 15 is 0 Å². The number of hydrogen-bond donors (Lipinski definition) is 2. The third-order valence-corrected chi connectivity index (χ3v) is 3.42. The molecule has 0 saturated carbocycles. The maximum atomic E-state index is 12.2. The molecular formula is C16H21NO6. The van der Waals surface area contributed by atoms with Gasteiger partial charge in [0.1, 0.15) is 13.2 Å². The molecule has 1 aliphatic rings. The van der Waals surface area contributed by atoms with Gasteiger partial charge in [-0.05, 0) is 24.6 Å². The van der Waals surface area contributed by atoms with Crippen LogP contribution in [0.5, 0.6) is 11.5 Å². The van der Waals surface area contributed by atoms with Gasteiger partial charge >= 0.3 is 5.97 Å². The van der Waals surface area contributed by atoms with Gasteiger partial charge in [0.25, 0.3) is 0 Å². The van der Waals surface area contributed by atoms with Crippen molar-refractivity contribution >= 4 is 11.9 Å². The van der Waals surface area contributed by atoms with Crippen molar-refractivity contribution in [1.82, 2.24) is 5.32 Å². The van der Waals surface area contributed by atoms with Crippen molar-refractivity contribution in [2.75, 3.05) is 26.9 Å². The minimum Gasteiger partial charge on any atom is -0.486 e. The van der Waals surface area contributed by atoms with Crippen LogP contribution < -0.4 is 14.8 Å². The Morgan fingerprint density at radius 3 is 2.65 bits per heavy atom. The second-order valence-corrected chi connectivity index (χ2v) is 5.77. The molecular weight excluding hydrogens is 302 g/mol. The molecule has 0 saturated heterocycles. The Bertz CT molecular complexity index is 588. The maximum Gasteiger partial charge on any atom is 0.305 e. The number of carbonyl (C=O) groups excluding carboxylic acids is 1. The van der Waals surface area contributed by atoms with Crippen LogP contribution in [0, 0.1) is 0 Å². The van der Waals surface area contributed by atoms with Gasteiger partial charge < -0.3 is 24.6 Å². The SMILES string of the molecule is COCC(C)(CC(=O)O)NC(=O)Cc1ccc2c(c1)OCCO2. The molecule has 1 atom stereocenters. The smallest absolute Gasteiger partial charge is 0.305 e. The minimum absolute atomic E-state index is 0.117. The number of methoxy groups -OCH3 is 1. The van der Waals surface area contributed by atoms with Crippen molar-refractivity contribution < 1.29 is 28.9 Å². The molecule has 2 rings (SSSR count). The Kier molecular flexibility index (Phi) is 5.44. The van der Waals surface area contributed by atoms with E-state index in [0.29, 0.717) is 24.7 Å². The number of rotatable bonds is 7. The Balaban J connectivity index is 2.01. The first-order chi connectivity index (χ1) is 10.9. The van der Waals surface area contributed by atoms with Crippen LogP contribution in [-0.4, -0.2) is 49.5 Å². The molecule has 1 aromatic carbocycles. The van der Waals surface area contributed by atoms with Crippen molar-refractivity contribution in [3.8, 4) is 11.5 Å². The highest BCUT2D eigenvalue weighted by molar-refractivity contribution is 5.80. The highest BCUT2D eigenvalue weighted by Gasteiger charge is 2.29. The van der Waals surface area contributed by atoms with Crippen LogP contribution in [0.1, 0.15) is 18.9 Å². The number of fused-ring (bicyclic) bond motifs is 1. The molecule has 126 valence electrons. The molecule has 1 heterocycles. The summed E-state index contributed by atoms with van der Waals surface area (Å²) in [5.74, 6) is 0.00824. The van der Waals surface area contributed by atoms with Crippen molar-refractivity contribution in [3.05, 3.63) is 23.8 Å². The predicted octanol–water partition coefficient (Wildman–Crippen LogP) is 0.996. The Morgan fingerprint density at radius 1 is 1.30 bits per heavy atom. The molecule has 0 spiro atoms. The van der Waals surface area contributed by atoms with E-state index in [1.54, 1.807) is 25.1 Å². The first-order valence-corrected chi connectivity index (χ1v) is 7.32. The summed E-state index contributed by atoms with van der Waals surface area (Å²) in [7, 11) is 1.47. The summed E-state index contributed by atoms with van der Waals surface area (Å²) in [6, 6.07) is 5.32. The van der Waals surface area contributed by atoms with Gasteiger partial charge in [-0.1, -0.05) is 6.07 Å². The third-order valence-electron chi connectivity index (χ3n) is 3.42. The van der Waals surface area contributed by atoms with E-state index in [9.17, 15) is 9.59 Å². The van der Waals surface area contributed by atoms with Crippen LogP contribution in [0.3, 0.4) is 0 Å². The van der Waals surface area contributed by atoms with Gasteiger partial charge in [-0.3, -0.25) is 9.59 Å². The van der Waals surface area contributed by atoms with Crippen LogP contribution in [0.15, 0.2) is 18.2 Å². The lowest BCUT2D eigenvalue weighted by Crippen LogP contribution is -2.51. The largest absolute Gasteiger partial charge is 0.486 e. The summed E-state index contributed by atoms with van der Waals surface area (Å²) in [6.07, 6.45) is -0.0940. The van der Waals surface area contributed by atoms with E-state index in [0.717, 1.165) is 5.56 Å². The highest BCUT2D eigenvalue weighted by Crippen LogP contribution is 2.30. The topological polar surface area (TPSA) is 94.1 Å². The van der Waals surface area contributed by atoms with Crippen LogP contribution in [-0.2, 0) is 20.7 Å². The van der Waals surface area contributed by atoms with Crippen molar-refractivity contribution in [2.45, 2.75) is 25.3 Å². The predicted molar refractivity (Wildman–Crippen MR) is 81.8 cm³/mol. The number of benzene rings is 1. The quantitative estimate of drug-likeness (QED) is 0.777. The van der Waals surface area contributed by atoms with Crippen molar-refractivity contribution in [2.24, 2.45) is 0 Å². The summed E-state index contributed by atoms with van der Waals surface area (Å²) in [5, 5.41) is 11.7. The Hall–Kier alpha value is -2.28. The molecule has 1 aliphatic heterocycles. The zero-order chi connectivity index (χ0) is 16.9. The van der Waals surface area contributed by atoms with E-state index in [4.69, 9.17) is 19.3 Å². The number of aliphatic carboxylic acids is 1. The van der Waals surface area contributed by atoms with E-state index in [-0.39, 0.29) is 25.4 Å². The number of carboxylic acid groups (broad SMARTS) is 1. The second kappa shape index (κ2) is 7.32. The van der Waals surface area contributed by atoms with Gasteiger partial charge in [0, 0.05) is 7.11 Å². The van der Waals surface area contributed by atoms with Crippen LogP contribution in [0.2, 0.25) is 0 Å². The molecule has 0 fully saturated rings. The highest BCUT2D eigenvalue weighted by atomic mass is 16.6. The maximum absolute atomic E-state index is 12.2. The molecule has 1 amide bonds. The lowest BCUT2D eigenvalue weighted by atomic mass is 9.98. The van der Waals surface area contributed by atoms with Gasteiger partial charge in [-0.15, -0.1) is 0 Å². The molecule has 1 unspecified atom stereocenters. The third kappa shape index (κ3) is 4.85. The number of carbonyl (C=O) groups is 2. The van der Waals surface area contributed by atoms with Crippen molar-refractivity contribution in [3.63, 3.8) is 0 Å². The van der Waals surface area contributed by atoms with E-state index in [1.807, 2.05) is 0 Å². The molecule has 0 bridgehead atoms.